The highest BCUT2D eigenvalue weighted by atomic mass is 35.5. The first-order valence-corrected chi connectivity index (χ1v) is 5.64. The minimum atomic E-state index is -0.352. The molecule has 2 aromatic rings. The van der Waals surface area contributed by atoms with Crippen molar-refractivity contribution < 1.29 is 9.21 Å². The molecule has 0 spiro atoms. The normalized spacial score (nSPS) is 10.3. The van der Waals surface area contributed by atoms with Crippen molar-refractivity contribution in [3.8, 4) is 0 Å². The Kier molecular flexibility index (Phi) is 3.41. The van der Waals surface area contributed by atoms with E-state index in [-0.39, 0.29) is 16.7 Å². The van der Waals surface area contributed by atoms with Gasteiger partial charge in [0.2, 0.25) is 5.22 Å². The van der Waals surface area contributed by atoms with Gasteiger partial charge in [0.15, 0.2) is 0 Å². The fraction of sp³-hybridized carbons (Fsp3) is 0.0833. The lowest BCUT2D eigenvalue weighted by Crippen LogP contribution is -2.11. The van der Waals surface area contributed by atoms with Crippen LogP contribution >= 0.6 is 23.2 Å². The fourth-order valence-corrected chi connectivity index (χ4v) is 1.85. The molecule has 0 atom stereocenters. The maximum absolute atomic E-state index is 11.8. The monoisotopic (exact) mass is 269 g/mol. The third-order valence-corrected chi connectivity index (χ3v) is 2.84. The second-order valence-corrected chi connectivity index (χ2v) is 4.30. The molecule has 3 nitrogen and oxygen atoms in total. The van der Waals surface area contributed by atoms with E-state index in [0.717, 1.165) is 5.56 Å². The van der Waals surface area contributed by atoms with Crippen molar-refractivity contribution in [3.05, 3.63) is 51.9 Å². The van der Waals surface area contributed by atoms with Gasteiger partial charge in [-0.15, -0.1) is 0 Å². The van der Waals surface area contributed by atoms with Gasteiger partial charge in [0.05, 0.1) is 22.5 Å². The molecule has 0 saturated heterocycles. The first-order chi connectivity index (χ1) is 8.08. The summed E-state index contributed by atoms with van der Waals surface area (Å²) in [5.41, 5.74) is 1.84. The Hall–Kier alpha value is -1.45. The van der Waals surface area contributed by atoms with E-state index in [2.05, 4.69) is 5.32 Å². The molecule has 0 aliphatic rings. The number of hydrogen-bond acceptors (Lipinski definition) is 2. The van der Waals surface area contributed by atoms with E-state index in [1.54, 1.807) is 12.1 Å². The Labute approximate surface area is 108 Å². The lowest BCUT2D eigenvalue weighted by molar-refractivity contribution is 0.102. The average Bonchev–Trinajstić information content (AvgIpc) is 2.68. The molecule has 1 amide bonds. The summed E-state index contributed by atoms with van der Waals surface area (Å²) >= 11 is 11.7. The maximum atomic E-state index is 11.8. The smallest absolute Gasteiger partial charge is 0.260 e. The van der Waals surface area contributed by atoms with Crippen molar-refractivity contribution in [2.24, 2.45) is 0 Å². The second-order valence-electron chi connectivity index (χ2n) is 3.55. The minimum Gasteiger partial charge on any atom is -0.452 e. The van der Waals surface area contributed by atoms with E-state index in [4.69, 9.17) is 27.6 Å². The molecule has 0 radical (unpaired) electrons. The van der Waals surface area contributed by atoms with Gasteiger partial charge in [-0.25, -0.2) is 0 Å². The van der Waals surface area contributed by atoms with Gasteiger partial charge in [-0.2, -0.15) is 0 Å². The number of nitrogens with one attached hydrogen (secondary N) is 1. The number of halogens is 2. The van der Waals surface area contributed by atoms with Gasteiger partial charge >= 0.3 is 0 Å². The van der Waals surface area contributed by atoms with E-state index in [0.29, 0.717) is 10.7 Å². The van der Waals surface area contributed by atoms with Crippen molar-refractivity contribution in [2.45, 2.75) is 6.92 Å². The SMILES string of the molecule is Cc1ccc(NC(=O)c2ccoc2Cl)c(Cl)c1. The first-order valence-electron chi connectivity index (χ1n) is 4.88. The molecule has 0 unspecified atom stereocenters. The van der Waals surface area contributed by atoms with Gasteiger partial charge in [0.25, 0.3) is 5.91 Å². The van der Waals surface area contributed by atoms with Crippen LogP contribution in [0.4, 0.5) is 5.69 Å². The Morgan fingerprint density at radius 2 is 2.06 bits per heavy atom. The van der Waals surface area contributed by atoms with Crippen LogP contribution in [0.25, 0.3) is 0 Å². The van der Waals surface area contributed by atoms with Gasteiger partial charge in [0, 0.05) is 0 Å². The highest BCUT2D eigenvalue weighted by Gasteiger charge is 2.14. The van der Waals surface area contributed by atoms with Crippen molar-refractivity contribution >= 4 is 34.8 Å². The molecular formula is C12H9Cl2NO2. The van der Waals surface area contributed by atoms with Crippen LogP contribution in [0.1, 0.15) is 15.9 Å². The molecule has 1 heterocycles. The molecule has 0 fully saturated rings. The van der Waals surface area contributed by atoms with E-state index in [9.17, 15) is 4.79 Å². The van der Waals surface area contributed by atoms with Crippen molar-refractivity contribution in [1.82, 2.24) is 0 Å². The molecule has 0 aliphatic carbocycles. The Morgan fingerprint density at radius 1 is 1.29 bits per heavy atom. The fourth-order valence-electron chi connectivity index (χ4n) is 1.37. The third-order valence-electron chi connectivity index (χ3n) is 2.24. The average molecular weight is 270 g/mol. The van der Waals surface area contributed by atoms with Crippen LogP contribution in [0.3, 0.4) is 0 Å². The summed E-state index contributed by atoms with van der Waals surface area (Å²) in [7, 11) is 0. The molecule has 2 rings (SSSR count). The highest BCUT2D eigenvalue weighted by molar-refractivity contribution is 6.35. The molecule has 0 saturated carbocycles. The van der Waals surface area contributed by atoms with Crippen molar-refractivity contribution in [3.63, 3.8) is 0 Å². The molecule has 1 N–H and O–H groups in total. The Morgan fingerprint density at radius 3 is 2.65 bits per heavy atom. The van der Waals surface area contributed by atoms with Crippen LogP contribution in [0.2, 0.25) is 10.2 Å². The number of hydrogen-bond donors (Lipinski definition) is 1. The zero-order chi connectivity index (χ0) is 12.4. The lowest BCUT2D eigenvalue weighted by atomic mass is 10.2. The number of amides is 1. The summed E-state index contributed by atoms with van der Waals surface area (Å²) in [6.45, 7) is 1.92. The number of benzene rings is 1. The van der Waals surface area contributed by atoms with Crippen LogP contribution in [-0.4, -0.2) is 5.91 Å². The molecule has 0 bridgehead atoms. The number of anilines is 1. The lowest BCUT2D eigenvalue weighted by Gasteiger charge is -2.06. The standard InChI is InChI=1S/C12H9Cl2NO2/c1-7-2-3-10(9(13)6-7)15-12(16)8-4-5-17-11(8)14/h2-6H,1H3,(H,15,16). The first kappa shape index (κ1) is 12.0. The van der Waals surface area contributed by atoms with E-state index >= 15 is 0 Å². The van der Waals surface area contributed by atoms with E-state index in [1.165, 1.54) is 12.3 Å². The summed E-state index contributed by atoms with van der Waals surface area (Å²) in [6.07, 6.45) is 1.36. The van der Waals surface area contributed by atoms with Crippen LogP contribution < -0.4 is 5.32 Å². The van der Waals surface area contributed by atoms with Crippen molar-refractivity contribution in [2.75, 3.05) is 5.32 Å². The third kappa shape index (κ3) is 2.62. The topological polar surface area (TPSA) is 42.2 Å². The largest absolute Gasteiger partial charge is 0.452 e. The minimum absolute atomic E-state index is 0.0609. The predicted molar refractivity (Wildman–Crippen MR) is 67.9 cm³/mol. The highest BCUT2D eigenvalue weighted by Crippen LogP contribution is 2.24. The van der Waals surface area contributed by atoms with Crippen LogP contribution in [0, 0.1) is 6.92 Å². The Balaban J connectivity index is 2.22. The zero-order valence-electron chi connectivity index (χ0n) is 8.96. The Bertz CT molecular complexity index is 563. The van der Waals surface area contributed by atoms with Gasteiger partial charge in [-0.1, -0.05) is 17.7 Å². The molecular weight excluding hydrogens is 261 g/mol. The molecule has 5 heteroatoms. The van der Waals surface area contributed by atoms with Gasteiger partial charge < -0.3 is 9.73 Å². The van der Waals surface area contributed by atoms with Gasteiger partial charge in [-0.3, -0.25) is 4.79 Å². The number of carbonyl (C=O) groups excluding carboxylic acids is 1. The summed E-state index contributed by atoms with van der Waals surface area (Å²) in [5, 5.41) is 3.21. The van der Waals surface area contributed by atoms with Crippen LogP contribution in [0.15, 0.2) is 34.9 Å². The van der Waals surface area contributed by atoms with Crippen molar-refractivity contribution in [1.29, 1.82) is 0 Å². The molecule has 88 valence electrons. The zero-order valence-corrected chi connectivity index (χ0v) is 10.5. The van der Waals surface area contributed by atoms with Crippen LogP contribution in [-0.2, 0) is 0 Å². The van der Waals surface area contributed by atoms with E-state index < -0.39 is 0 Å². The number of carbonyl (C=O) groups is 1. The predicted octanol–water partition coefficient (Wildman–Crippen LogP) is 4.15. The summed E-state index contributed by atoms with van der Waals surface area (Å²) in [5.74, 6) is -0.352. The van der Waals surface area contributed by atoms with Gasteiger partial charge in [-0.05, 0) is 42.3 Å². The van der Waals surface area contributed by atoms with Crippen LogP contribution in [0.5, 0.6) is 0 Å². The van der Waals surface area contributed by atoms with Gasteiger partial charge in [0.1, 0.15) is 0 Å². The number of rotatable bonds is 2. The molecule has 1 aromatic heterocycles. The summed E-state index contributed by atoms with van der Waals surface area (Å²) < 4.78 is 4.84. The summed E-state index contributed by atoms with van der Waals surface area (Å²) in [6, 6.07) is 6.87. The molecule has 0 aliphatic heterocycles. The summed E-state index contributed by atoms with van der Waals surface area (Å²) in [4.78, 5) is 11.8. The molecule has 1 aromatic carbocycles. The van der Waals surface area contributed by atoms with E-state index in [1.807, 2.05) is 13.0 Å². The molecule has 17 heavy (non-hydrogen) atoms. The maximum Gasteiger partial charge on any atom is 0.260 e. The number of furan rings is 1. The quantitative estimate of drug-likeness (QED) is 0.890. The number of aryl methyl sites for hydroxylation is 1. The second kappa shape index (κ2) is 4.82.